The third-order valence-electron chi connectivity index (χ3n) is 3.12. The summed E-state index contributed by atoms with van der Waals surface area (Å²) in [5, 5.41) is 2.84. The molecule has 1 aromatic rings. The molecule has 0 aromatic carbocycles. The minimum absolute atomic E-state index is 0.0709. The van der Waals surface area contributed by atoms with E-state index in [2.05, 4.69) is 17.2 Å². The summed E-state index contributed by atoms with van der Waals surface area (Å²) >= 11 is 0. The van der Waals surface area contributed by atoms with E-state index in [4.69, 9.17) is 9.15 Å². The third-order valence-corrected chi connectivity index (χ3v) is 3.12. The minimum Gasteiger partial charge on any atom is -0.444 e. The van der Waals surface area contributed by atoms with Gasteiger partial charge in [0.15, 0.2) is 5.89 Å². The predicted octanol–water partition coefficient (Wildman–Crippen LogP) is 1.69. The summed E-state index contributed by atoms with van der Waals surface area (Å²) in [5.41, 5.74) is 0. The molecule has 1 unspecified atom stereocenters. The number of amides is 2. The van der Waals surface area contributed by atoms with Gasteiger partial charge in [0.05, 0.1) is 25.5 Å². The van der Waals surface area contributed by atoms with Gasteiger partial charge in [-0.15, -0.1) is 0 Å². The average Bonchev–Trinajstić information content (AvgIpc) is 2.82. The monoisotopic (exact) mass is 267 g/mol. The Bertz CT molecular complexity index is 417. The van der Waals surface area contributed by atoms with Gasteiger partial charge in [0.1, 0.15) is 5.76 Å². The summed E-state index contributed by atoms with van der Waals surface area (Å²) in [4.78, 5) is 17.8. The van der Waals surface area contributed by atoms with E-state index >= 15 is 0 Å². The van der Waals surface area contributed by atoms with Gasteiger partial charge in [0.25, 0.3) is 0 Å². The Morgan fingerprint density at radius 1 is 1.63 bits per heavy atom. The van der Waals surface area contributed by atoms with Gasteiger partial charge in [-0.2, -0.15) is 0 Å². The molecule has 1 atom stereocenters. The van der Waals surface area contributed by atoms with Gasteiger partial charge in [0.2, 0.25) is 0 Å². The summed E-state index contributed by atoms with van der Waals surface area (Å²) in [6.07, 6.45) is 3.86. The van der Waals surface area contributed by atoms with Crippen LogP contribution in [0.25, 0.3) is 0 Å². The van der Waals surface area contributed by atoms with Crippen molar-refractivity contribution >= 4 is 6.03 Å². The highest BCUT2D eigenvalue weighted by atomic mass is 16.5. The van der Waals surface area contributed by atoms with Gasteiger partial charge in [0, 0.05) is 20.0 Å². The second-order valence-corrected chi connectivity index (χ2v) is 4.73. The Hall–Kier alpha value is -1.56. The molecule has 0 radical (unpaired) electrons. The van der Waals surface area contributed by atoms with Crippen LogP contribution in [0.4, 0.5) is 4.79 Å². The number of oxazole rings is 1. The van der Waals surface area contributed by atoms with Gasteiger partial charge < -0.3 is 19.4 Å². The van der Waals surface area contributed by atoms with Crippen molar-refractivity contribution in [1.29, 1.82) is 0 Å². The number of urea groups is 1. The molecule has 0 spiro atoms. The fraction of sp³-hybridized carbons (Fsp3) is 0.692. The molecule has 1 aromatic heterocycles. The first kappa shape index (κ1) is 13.9. The maximum Gasteiger partial charge on any atom is 0.317 e. The van der Waals surface area contributed by atoms with E-state index in [9.17, 15) is 4.79 Å². The number of hydrogen-bond acceptors (Lipinski definition) is 4. The molecular weight excluding hydrogens is 246 g/mol. The molecule has 0 saturated carbocycles. The SMILES string of the molecule is CCCC1CN(C(=O)NCc2cnc(C)o2)CCO1. The summed E-state index contributed by atoms with van der Waals surface area (Å²) in [5.74, 6) is 1.28. The molecular formula is C13H21N3O3. The Morgan fingerprint density at radius 3 is 3.16 bits per heavy atom. The molecule has 0 aliphatic carbocycles. The lowest BCUT2D eigenvalue weighted by molar-refractivity contribution is -0.0181. The van der Waals surface area contributed by atoms with E-state index < -0.39 is 0 Å². The quantitative estimate of drug-likeness (QED) is 0.901. The highest BCUT2D eigenvalue weighted by Crippen LogP contribution is 2.10. The Kier molecular flexibility index (Phi) is 4.79. The average molecular weight is 267 g/mol. The molecule has 1 saturated heterocycles. The molecule has 1 aliphatic heterocycles. The molecule has 1 fully saturated rings. The number of morpholine rings is 1. The van der Waals surface area contributed by atoms with E-state index in [-0.39, 0.29) is 12.1 Å². The molecule has 19 heavy (non-hydrogen) atoms. The molecule has 1 aliphatic rings. The van der Waals surface area contributed by atoms with Gasteiger partial charge in [-0.05, 0) is 6.42 Å². The van der Waals surface area contributed by atoms with Crippen LogP contribution >= 0.6 is 0 Å². The highest BCUT2D eigenvalue weighted by molar-refractivity contribution is 5.74. The molecule has 2 amide bonds. The minimum atomic E-state index is -0.0709. The second-order valence-electron chi connectivity index (χ2n) is 4.73. The second kappa shape index (κ2) is 6.56. The van der Waals surface area contributed by atoms with Gasteiger partial charge in [-0.1, -0.05) is 13.3 Å². The number of nitrogens with zero attached hydrogens (tertiary/aromatic N) is 2. The van der Waals surface area contributed by atoms with Gasteiger partial charge in [-0.3, -0.25) is 0 Å². The summed E-state index contributed by atoms with van der Waals surface area (Å²) in [6, 6.07) is -0.0709. The van der Waals surface area contributed by atoms with Crippen LogP contribution in [0.1, 0.15) is 31.4 Å². The van der Waals surface area contributed by atoms with Crippen molar-refractivity contribution in [1.82, 2.24) is 15.2 Å². The van der Waals surface area contributed by atoms with Crippen LogP contribution < -0.4 is 5.32 Å². The van der Waals surface area contributed by atoms with Crippen LogP contribution in [-0.2, 0) is 11.3 Å². The van der Waals surface area contributed by atoms with Crippen molar-refractivity contribution < 1.29 is 13.9 Å². The lowest BCUT2D eigenvalue weighted by Crippen LogP contribution is -2.49. The van der Waals surface area contributed by atoms with E-state index in [0.717, 1.165) is 12.8 Å². The lowest BCUT2D eigenvalue weighted by atomic mass is 10.2. The first-order valence-electron chi connectivity index (χ1n) is 6.74. The molecule has 6 heteroatoms. The number of ether oxygens (including phenoxy) is 1. The number of nitrogens with one attached hydrogen (secondary N) is 1. The number of carbonyl (C=O) groups excluding carboxylic acids is 1. The van der Waals surface area contributed by atoms with Crippen LogP contribution in [0.5, 0.6) is 0 Å². The van der Waals surface area contributed by atoms with E-state index in [1.165, 1.54) is 0 Å². The maximum absolute atomic E-state index is 12.0. The Morgan fingerprint density at radius 2 is 2.47 bits per heavy atom. The smallest absolute Gasteiger partial charge is 0.317 e. The fourth-order valence-corrected chi connectivity index (χ4v) is 2.16. The van der Waals surface area contributed by atoms with Crippen molar-refractivity contribution in [3.05, 3.63) is 17.8 Å². The van der Waals surface area contributed by atoms with Crippen LogP contribution in [0.15, 0.2) is 10.6 Å². The normalized spacial score (nSPS) is 19.5. The molecule has 2 rings (SSSR count). The number of carbonyl (C=O) groups is 1. The summed E-state index contributed by atoms with van der Waals surface area (Å²) < 4.78 is 10.9. The lowest BCUT2D eigenvalue weighted by Gasteiger charge is -2.32. The van der Waals surface area contributed by atoms with E-state index in [1.54, 1.807) is 18.0 Å². The number of hydrogen-bond donors (Lipinski definition) is 1. The molecule has 106 valence electrons. The molecule has 0 bridgehead atoms. The van der Waals surface area contributed by atoms with Crippen LogP contribution in [-0.4, -0.2) is 41.7 Å². The first-order valence-corrected chi connectivity index (χ1v) is 6.74. The standard InChI is InChI=1S/C13H21N3O3/c1-3-4-11-9-16(5-6-18-11)13(17)15-8-12-7-14-10(2)19-12/h7,11H,3-6,8-9H2,1-2H3,(H,15,17). The largest absolute Gasteiger partial charge is 0.444 e. The van der Waals surface area contributed by atoms with Gasteiger partial charge in [-0.25, -0.2) is 9.78 Å². The molecule has 1 N–H and O–H groups in total. The van der Waals surface area contributed by atoms with Crippen molar-refractivity contribution in [2.45, 2.75) is 39.3 Å². The summed E-state index contributed by atoms with van der Waals surface area (Å²) in [6.45, 7) is 6.18. The highest BCUT2D eigenvalue weighted by Gasteiger charge is 2.23. The Labute approximate surface area is 113 Å². The molecule has 2 heterocycles. The van der Waals surface area contributed by atoms with Crippen molar-refractivity contribution in [2.24, 2.45) is 0 Å². The zero-order valence-electron chi connectivity index (χ0n) is 11.5. The third kappa shape index (κ3) is 3.96. The van der Waals surface area contributed by atoms with Crippen LogP contribution in [0, 0.1) is 6.92 Å². The van der Waals surface area contributed by atoms with Crippen molar-refractivity contribution in [3.63, 3.8) is 0 Å². The van der Waals surface area contributed by atoms with E-state index in [0.29, 0.717) is 37.9 Å². The van der Waals surface area contributed by atoms with Gasteiger partial charge >= 0.3 is 6.03 Å². The van der Waals surface area contributed by atoms with E-state index in [1.807, 2.05) is 0 Å². The first-order chi connectivity index (χ1) is 9.19. The van der Waals surface area contributed by atoms with Crippen molar-refractivity contribution in [2.75, 3.05) is 19.7 Å². The topological polar surface area (TPSA) is 67.6 Å². The Balaban J connectivity index is 1.79. The maximum atomic E-state index is 12.0. The number of aryl methyl sites for hydroxylation is 1. The fourth-order valence-electron chi connectivity index (χ4n) is 2.16. The molecule has 6 nitrogen and oxygen atoms in total. The van der Waals surface area contributed by atoms with Crippen molar-refractivity contribution in [3.8, 4) is 0 Å². The predicted molar refractivity (Wildman–Crippen MR) is 69.7 cm³/mol. The number of rotatable bonds is 4. The zero-order chi connectivity index (χ0) is 13.7. The van der Waals surface area contributed by atoms with Crippen LogP contribution in [0.2, 0.25) is 0 Å². The number of aromatic nitrogens is 1. The summed E-state index contributed by atoms with van der Waals surface area (Å²) in [7, 11) is 0. The zero-order valence-corrected chi connectivity index (χ0v) is 11.5. The van der Waals surface area contributed by atoms with Crippen LogP contribution in [0.3, 0.4) is 0 Å².